The number of carbonyl (C=O) groups is 1. The minimum atomic E-state index is -0.0490. The van der Waals surface area contributed by atoms with Crippen molar-refractivity contribution in [1.29, 1.82) is 0 Å². The first-order chi connectivity index (χ1) is 7.72. The molecule has 3 nitrogen and oxygen atoms in total. The summed E-state index contributed by atoms with van der Waals surface area (Å²) in [7, 11) is 0. The Morgan fingerprint density at radius 3 is 2.75 bits per heavy atom. The Hall–Kier alpha value is -1.35. The van der Waals surface area contributed by atoms with Crippen molar-refractivity contribution in [3.05, 3.63) is 34.9 Å². The van der Waals surface area contributed by atoms with Gasteiger partial charge >= 0.3 is 0 Å². The van der Waals surface area contributed by atoms with E-state index >= 15 is 0 Å². The average Bonchev–Trinajstić information content (AvgIpc) is 2.29. The van der Waals surface area contributed by atoms with Gasteiger partial charge in [0.15, 0.2) is 0 Å². The Morgan fingerprint density at radius 2 is 2.12 bits per heavy atom. The van der Waals surface area contributed by atoms with E-state index in [0.717, 1.165) is 18.4 Å². The molecule has 1 rings (SSSR count). The first kappa shape index (κ1) is 12.7. The molecule has 0 aliphatic rings. The minimum Gasteiger partial charge on any atom is -0.273 e. The summed E-state index contributed by atoms with van der Waals surface area (Å²) in [6, 6.07) is 7.23. The molecular formula is C12H15ClN2O. The number of nitrogens with one attached hydrogen (secondary N) is 1. The van der Waals surface area contributed by atoms with Gasteiger partial charge in [-0.1, -0.05) is 37.1 Å². The summed E-state index contributed by atoms with van der Waals surface area (Å²) >= 11 is 5.74. The highest BCUT2D eigenvalue weighted by Gasteiger charge is 1.96. The zero-order valence-electron chi connectivity index (χ0n) is 9.24. The van der Waals surface area contributed by atoms with Gasteiger partial charge in [-0.05, 0) is 24.1 Å². The molecule has 0 atom stereocenters. The number of rotatable bonds is 5. The molecule has 16 heavy (non-hydrogen) atoms. The maximum absolute atomic E-state index is 11.2. The number of benzene rings is 1. The van der Waals surface area contributed by atoms with E-state index in [-0.39, 0.29) is 5.91 Å². The van der Waals surface area contributed by atoms with Crippen LogP contribution in [0.3, 0.4) is 0 Å². The van der Waals surface area contributed by atoms with Gasteiger partial charge in [0.1, 0.15) is 0 Å². The van der Waals surface area contributed by atoms with Gasteiger partial charge in [0.2, 0.25) is 5.91 Å². The molecule has 0 unspecified atom stereocenters. The first-order valence-electron chi connectivity index (χ1n) is 5.30. The van der Waals surface area contributed by atoms with Crippen molar-refractivity contribution in [2.75, 3.05) is 0 Å². The van der Waals surface area contributed by atoms with Crippen LogP contribution >= 0.6 is 11.6 Å². The molecule has 0 heterocycles. The normalized spacial score (nSPS) is 10.6. The SMILES string of the molecule is CCCCC(=O)N/N=C\c1ccc(Cl)cc1. The highest BCUT2D eigenvalue weighted by atomic mass is 35.5. The summed E-state index contributed by atoms with van der Waals surface area (Å²) in [5, 5.41) is 4.54. The maximum Gasteiger partial charge on any atom is 0.240 e. The molecule has 0 spiro atoms. The first-order valence-corrected chi connectivity index (χ1v) is 5.67. The standard InChI is InChI=1S/C12H15ClN2O/c1-2-3-4-12(16)15-14-9-10-5-7-11(13)8-6-10/h5-9H,2-4H2,1H3,(H,15,16)/b14-9-. The summed E-state index contributed by atoms with van der Waals surface area (Å²) in [5.41, 5.74) is 3.38. The highest BCUT2D eigenvalue weighted by Crippen LogP contribution is 2.07. The van der Waals surface area contributed by atoms with Crippen LogP contribution < -0.4 is 5.43 Å². The maximum atomic E-state index is 11.2. The molecule has 1 aromatic rings. The molecule has 4 heteroatoms. The quantitative estimate of drug-likeness (QED) is 0.622. The molecule has 1 aromatic carbocycles. The lowest BCUT2D eigenvalue weighted by Crippen LogP contribution is -2.16. The molecule has 0 saturated carbocycles. The number of hydrazone groups is 1. The Labute approximate surface area is 101 Å². The van der Waals surface area contributed by atoms with Crippen LogP contribution in [0.2, 0.25) is 5.02 Å². The molecular weight excluding hydrogens is 224 g/mol. The lowest BCUT2D eigenvalue weighted by molar-refractivity contribution is -0.121. The predicted octanol–water partition coefficient (Wildman–Crippen LogP) is 2.98. The number of unbranched alkanes of at least 4 members (excludes halogenated alkanes) is 1. The van der Waals surface area contributed by atoms with Gasteiger partial charge in [-0.3, -0.25) is 4.79 Å². The van der Waals surface area contributed by atoms with E-state index in [0.29, 0.717) is 11.4 Å². The van der Waals surface area contributed by atoms with Crippen molar-refractivity contribution < 1.29 is 4.79 Å². The van der Waals surface area contributed by atoms with Crippen LogP contribution in [0.5, 0.6) is 0 Å². The van der Waals surface area contributed by atoms with Gasteiger partial charge in [0, 0.05) is 11.4 Å². The fraction of sp³-hybridized carbons (Fsp3) is 0.333. The molecule has 0 saturated heterocycles. The molecule has 0 radical (unpaired) electrons. The molecule has 0 aliphatic carbocycles. The van der Waals surface area contributed by atoms with Gasteiger partial charge < -0.3 is 0 Å². The third kappa shape index (κ3) is 4.94. The zero-order valence-corrected chi connectivity index (χ0v) is 10.00. The summed E-state index contributed by atoms with van der Waals surface area (Å²) in [6.45, 7) is 2.05. The van der Waals surface area contributed by atoms with E-state index in [2.05, 4.69) is 10.5 Å². The monoisotopic (exact) mass is 238 g/mol. The number of amides is 1. The van der Waals surface area contributed by atoms with Crippen LogP contribution in [-0.2, 0) is 4.79 Å². The van der Waals surface area contributed by atoms with Crippen molar-refractivity contribution in [3.63, 3.8) is 0 Å². The van der Waals surface area contributed by atoms with Crippen molar-refractivity contribution in [3.8, 4) is 0 Å². The Kier molecular flexibility index (Phi) is 5.57. The van der Waals surface area contributed by atoms with Gasteiger partial charge in [0.05, 0.1) is 6.21 Å². The number of nitrogens with zero attached hydrogens (tertiary/aromatic N) is 1. The van der Waals surface area contributed by atoms with Crippen LogP contribution in [0, 0.1) is 0 Å². The van der Waals surface area contributed by atoms with E-state index in [1.165, 1.54) is 0 Å². The summed E-state index contributed by atoms with van der Waals surface area (Å²) in [6.07, 6.45) is 4.02. The largest absolute Gasteiger partial charge is 0.273 e. The molecule has 1 amide bonds. The van der Waals surface area contributed by atoms with Crippen molar-refractivity contribution in [1.82, 2.24) is 5.43 Å². The van der Waals surface area contributed by atoms with Crippen molar-refractivity contribution in [2.24, 2.45) is 5.10 Å². The molecule has 0 bridgehead atoms. The van der Waals surface area contributed by atoms with Crippen LogP contribution in [0.1, 0.15) is 31.7 Å². The smallest absolute Gasteiger partial charge is 0.240 e. The summed E-state index contributed by atoms with van der Waals surface area (Å²) < 4.78 is 0. The Morgan fingerprint density at radius 1 is 1.44 bits per heavy atom. The predicted molar refractivity (Wildman–Crippen MR) is 66.7 cm³/mol. The van der Waals surface area contributed by atoms with Crippen molar-refractivity contribution >= 4 is 23.7 Å². The fourth-order valence-electron chi connectivity index (χ4n) is 1.12. The second-order valence-electron chi connectivity index (χ2n) is 3.45. The van der Waals surface area contributed by atoms with Crippen molar-refractivity contribution in [2.45, 2.75) is 26.2 Å². The van der Waals surface area contributed by atoms with E-state index in [4.69, 9.17) is 11.6 Å². The lowest BCUT2D eigenvalue weighted by Gasteiger charge is -1.97. The van der Waals surface area contributed by atoms with E-state index < -0.39 is 0 Å². The third-order valence-electron chi connectivity index (χ3n) is 2.03. The van der Waals surface area contributed by atoms with Crippen LogP contribution in [0.15, 0.2) is 29.4 Å². The number of hydrogen-bond acceptors (Lipinski definition) is 2. The average molecular weight is 239 g/mol. The van der Waals surface area contributed by atoms with E-state index in [9.17, 15) is 4.79 Å². The number of halogens is 1. The second kappa shape index (κ2) is 7.01. The van der Waals surface area contributed by atoms with Gasteiger partial charge in [-0.15, -0.1) is 0 Å². The third-order valence-corrected chi connectivity index (χ3v) is 2.28. The van der Waals surface area contributed by atoms with Gasteiger partial charge in [-0.2, -0.15) is 5.10 Å². The lowest BCUT2D eigenvalue weighted by atomic mass is 10.2. The number of carbonyl (C=O) groups excluding carboxylic acids is 1. The summed E-state index contributed by atoms with van der Waals surface area (Å²) in [4.78, 5) is 11.2. The van der Waals surface area contributed by atoms with Crippen LogP contribution in [0.4, 0.5) is 0 Å². The Balaban J connectivity index is 2.37. The molecule has 1 N–H and O–H groups in total. The van der Waals surface area contributed by atoms with E-state index in [1.807, 2.05) is 19.1 Å². The topological polar surface area (TPSA) is 41.5 Å². The van der Waals surface area contributed by atoms with Crippen LogP contribution in [0.25, 0.3) is 0 Å². The molecule has 0 aromatic heterocycles. The van der Waals surface area contributed by atoms with Crippen LogP contribution in [-0.4, -0.2) is 12.1 Å². The second-order valence-corrected chi connectivity index (χ2v) is 3.88. The Bertz CT molecular complexity index is 360. The zero-order chi connectivity index (χ0) is 11.8. The van der Waals surface area contributed by atoms with E-state index in [1.54, 1.807) is 18.3 Å². The van der Waals surface area contributed by atoms with Gasteiger partial charge in [0.25, 0.3) is 0 Å². The highest BCUT2D eigenvalue weighted by molar-refractivity contribution is 6.30. The van der Waals surface area contributed by atoms with Gasteiger partial charge in [-0.25, -0.2) is 5.43 Å². The fourth-order valence-corrected chi connectivity index (χ4v) is 1.25. The molecule has 0 fully saturated rings. The molecule has 0 aliphatic heterocycles. The number of hydrogen-bond donors (Lipinski definition) is 1. The summed E-state index contributed by atoms with van der Waals surface area (Å²) in [5.74, 6) is -0.0490. The molecule has 86 valence electrons. The minimum absolute atomic E-state index is 0.0490.